The van der Waals surface area contributed by atoms with Gasteiger partial charge >= 0.3 is 11.9 Å². The van der Waals surface area contributed by atoms with Crippen LogP contribution in [0.2, 0.25) is 5.02 Å². The summed E-state index contributed by atoms with van der Waals surface area (Å²) < 4.78 is 50.7. The van der Waals surface area contributed by atoms with Gasteiger partial charge in [-0.15, -0.1) is 0 Å². The van der Waals surface area contributed by atoms with Gasteiger partial charge in [0.15, 0.2) is 10.8 Å². The number of aromatic nitrogens is 2. The Morgan fingerprint density at radius 3 is 2.30 bits per heavy atom. The van der Waals surface area contributed by atoms with E-state index in [1.54, 1.807) is 0 Å². The van der Waals surface area contributed by atoms with E-state index in [1.807, 2.05) is 0 Å². The van der Waals surface area contributed by atoms with Crippen molar-refractivity contribution in [1.29, 1.82) is 0 Å². The van der Waals surface area contributed by atoms with Gasteiger partial charge in [0.1, 0.15) is 5.00 Å². The molecular formula is C9H4ClF4N3O2S. The second kappa shape index (κ2) is 4.63. The van der Waals surface area contributed by atoms with Gasteiger partial charge in [0.2, 0.25) is 0 Å². The number of nitrogen functional groups attached to an aromatic ring is 1. The van der Waals surface area contributed by atoms with Crippen molar-refractivity contribution in [1.82, 2.24) is 9.24 Å². The number of nitrogens with zero attached hydrogens (tertiary/aromatic N) is 2. The van der Waals surface area contributed by atoms with Crippen LogP contribution in [0.25, 0.3) is 5.00 Å². The van der Waals surface area contributed by atoms with Crippen LogP contribution in [0.1, 0.15) is 5.69 Å². The van der Waals surface area contributed by atoms with Gasteiger partial charge in [-0.05, 0) is 0 Å². The van der Waals surface area contributed by atoms with E-state index in [0.717, 1.165) is 6.07 Å². The highest BCUT2D eigenvalue weighted by Gasteiger charge is 2.36. The van der Waals surface area contributed by atoms with Gasteiger partial charge in [-0.25, -0.2) is 14.0 Å². The highest BCUT2D eigenvalue weighted by atomic mass is 35.5. The molecule has 0 bridgehead atoms. The van der Waals surface area contributed by atoms with E-state index >= 15 is 0 Å². The predicted octanol–water partition coefficient (Wildman–Crippen LogP) is 1.59. The number of alkyl halides is 3. The average molecular weight is 330 g/mol. The van der Waals surface area contributed by atoms with Crippen LogP contribution < -0.4 is 17.1 Å². The van der Waals surface area contributed by atoms with Crippen LogP contribution in [-0.2, 0) is 6.18 Å². The molecule has 0 aliphatic heterocycles. The third kappa shape index (κ3) is 2.31. The summed E-state index contributed by atoms with van der Waals surface area (Å²) in [5.74, 6) is 5.02. The number of thiophene rings is 1. The monoisotopic (exact) mass is 329 g/mol. The molecule has 11 heteroatoms. The molecule has 0 atom stereocenters. The number of rotatable bonds is 1. The molecule has 0 fully saturated rings. The molecule has 2 aromatic rings. The van der Waals surface area contributed by atoms with Crippen LogP contribution in [0.15, 0.2) is 21.7 Å². The van der Waals surface area contributed by atoms with E-state index in [9.17, 15) is 27.2 Å². The highest BCUT2D eigenvalue weighted by molar-refractivity contribution is 7.13. The summed E-state index contributed by atoms with van der Waals surface area (Å²) in [4.78, 5) is 23.4. The van der Waals surface area contributed by atoms with Gasteiger partial charge in [-0.3, -0.25) is 4.79 Å². The number of nitrogens with two attached hydrogens (primary N) is 1. The van der Waals surface area contributed by atoms with E-state index in [-0.39, 0.29) is 25.3 Å². The first kappa shape index (κ1) is 14.6. The zero-order valence-corrected chi connectivity index (χ0v) is 10.8. The standard InChI is InChI=1S/C9H4ClF4N3O2S/c10-3-1-5(11)20-7(3)16-6(18)2-4(9(12,13)14)17(15)8(16)19/h1-2H,15H2. The molecule has 0 aliphatic carbocycles. The van der Waals surface area contributed by atoms with Gasteiger partial charge in [0, 0.05) is 12.1 Å². The summed E-state index contributed by atoms with van der Waals surface area (Å²) in [6.07, 6.45) is -4.98. The molecule has 0 amide bonds. The molecule has 108 valence electrons. The van der Waals surface area contributed by atoms with Gasteiger partial charge in [0.25, 0.3) is 5.56 Å². The first-order valence-corrected chi connectivity index (χ1v) is 5.99. The van der Waals surface area contributed by atoms with Gasteiger partial charge in [0.05, 0.1) is 5.02 Å². The van der Waals surface area contributed by atoms with Gasteiger partial charge in [-0.2, -0.15) is 17.6 Å². The maximum atomic E-state index is 13.0. The Kier molecular flexibility index (Phi) is 3.38. The van der Waals surface area contributed by atoms with Crippen LogP contribution in [0.3, 0.4) is 0 Å². The number of hydrogen-bond donors (Lipinski definition) is 1. The minimum absolute atomic E-state index is 0.134. The quantitative estimate of drug-likeness (QED) is 0.638. The van der Waals surface area contributed by atoms with Crippen molar-refractivity contribution in [3.8, 4) is 5.00 Å². The first-order valence-electron chi connectivity index (χ1n) is 4.79. The lowest BCUT2D eigenvalue weighted by molar-refractivity contribution is -0.143. The molecule has 20 heavy (non-hydrogen) atoms. The molecular weight excluding hydrogens is 326 g/mol. The maximum absolute atomic E-state index is 13.0. The highest BCUT2D eigenvalue weighted by Crippen LogP contribution is 2.29. The van der Waals surface area contributed by atoms with Crippen molar-refractivity contribution in [3.63, 3.8) is 0 Å². The molecule has 0 radical (unpaired) electrons. The number of hydrogen-bond acceptors (Lipinski definition) is 4. The van der Waals surface area contributed by atoms with Crippen LogP contribution in [-0.4, -0.2) is 9.24 Å². The Labute approximate surface area is 116 Å². The molecule has 0 aromatic carbocycles. The molecule has 0 spiro atoms. The summed E-state index contributed by atoms with van der Waals surface area (Å²) in [5.41, 5.74) is -4.40. The van der Waals surface area contributed by atoms with Crippen molar-refractivity contribution in [2.45, 2.75) is 6.18 Å². The minimum Gasteiger partial charge on any atom is -0.335 e. The topological polar surface area (TPSA) is 70.0 Å². The first-order chi connectivity index (χ1) is 9.12. The Morgan fingerprint density at radius 2 is 1.85 bits per heavy atom. The zero-order chi connectivity index (χ0) is 15.2. The third-order valence-electron chi connectivity index (χ3n) is 2.27. The average Bonchev–Trinajstić information content (AvgIpc) is 2.62. The van der Waals surface area contributed by atoms with E-state index < -0.39 is 28.3 Å². The Morgan fingerprint density at radius 1 is 1.25 bits per heavy atom. The van der Waals surface area contributed by atoms with Gasteiger partial charge in [-0.1, -0.05) is 22.9 Å². The summed E-state index contributed by atoms with van der Waals surface area (Å²) in [6, 6.07) is 0.960. The molecule has 5 nitrogen and oxygen atoms in total. The smallest absolute Gasteiger partial charge is 0.335 e. The molecule has 0 saturated carbocycles. The molecule has 0 aliphatic rings. The summed E-state index contributed by atoms with van der Waals surface area (Å²) in [6.45, 7) is 0. The maximum Gasteiger partial charge on any atom is 0.433 e. The fourth-order valence-corrected chi connectivity index (χ4v) is 2.58. The molecule has 2 aromatic heterocycles. The second-order valence-corrected chi connectivity index (χ2v) is 4.95. The molecule has 2 N–H and O–H groups in total. The van der Waals surface area contributed by atoms with Crippen molar-refractivity contribution in [3.05, 3.63) is 48.8 Å². The summed E-state index contributed by atoms with van der Waals surface area (Å²) >= 11 is 5.94. The largest absolute Gasteiger partial charge is 0.433 e. The minimum atomic E-state index is -4.98. The fourth-order valence-electron chi connectivity index (χ4n) is 1.45. The summed E-state index contributed by atoms with van der Waals surface area (Å²) in [5, 5.41) is -1.43. The van der Waals surface area contributed by atoms with Crippen molar-refractivity contribution < 1.29 is 17.6 Å². The third-order valence-corrected chi connectivity index (χ3v) is 3.58. The van der Waals surface area contributed by atoms with Crippen LogP contribution in [0.4, 0.5) is 17.6 Å². The summed E-state index contributed by atoms with van der Waals surface area (Å²) in [7, 11) is 0. The normalized spacial score (nSPS) is 11.8. The predicted molar refractivity (Wildman–Crippen MR) is 64.3 cm³/mol. The molecule has 2 rings (SSSR count). The van der Waals surface area contributed by atoms with Crippen molar-refractivity contribution in [2.75, 3.05) is 5.84 Å². The molecule has 2 heterocycles. The van der Waals surface area contributed by atoms with Crippen molar-refractivity contribution in [2.24, 2.45) is 0 Å². The van der Waals surface area contributed by atoms with E-state index in [0.29, 0.717) is 11.3 Å². The molecule has 0 saturated heterocycles. The van der Waals surface area contributed by atoms with Crippen LogP contribution in [0, 0.1) is 5.13 Å². The SMILES string of the molecule is Nn1c(C(F)(F)F)cc(=O)n(-c2sc(F)cc2Cl)c1=O. The molecule has 0 unspecified atom stereocenters. The van der Waals surface area contributed by atoms with Crippen LogP contribution in [0.5, 0.6) is 0 Å². The lowest BCUT2D eigenvalue weighted by Gasteiger charge is -2.12. The Hall–Kier alpha value is -1.81. The van der Waals surface area contributed by atoms with Gasteiger partial charge < -0.3 is 5.84 Å². The second-order valence-electron chi connectivity index (χ2n) is 3.56. The number of halogens is 5. The lowest BCUT2D eigenvalue weighted by atomic mass is 10.4. The van der Waals surface area contributed by atoms with Crippen LogP contribution >= 0.6 is 22.9 Å². The van der Waals surface area contributed by atoms with Crippen molar-refractivity contribution >= 4 is 22.9 Å². The van der Waals surface area contributed by atoms with E-state index in [1.165, 1.54) is 0 Å². The Bertz CT molecular complexity index is 792. The lowest BCUT2D eigenvalue weighted by Crippen LogP contribution is -2.44. The Balaban J connectivity index is 2.82. The van der Waals surface area contributed by atoms with E-state index in [4.69, 9.17) is 17.4 Å². The fraction of sp³-hybridized carbons (Fsp3) is 0.111. The zero-order valence-electron chi connectivity index (χ0n) is 9.24. The van der Waals surface area contributed by atoms with E-state index in [2.05, 4.69) is 0 Å².